The number of aryl methyl sites for hydroxylation is 1. The molecule has 1 aromatic heterocycles. The summed E-state index contributed by atoms with van der Waals surface area (Å²) < 4.78 is 0. The first-order valence-corrected chi connectivity index (χ1v) is 6.22. The Bertz CT molecular complexity index is 505. The second kappa shape index (κ2) is 5.54. The highest BCUT2D eigenvalue weighted by atomic mass is 15.2. The van der Waals surface area contributed by atoms with Gasteiger partial charge in [-0.3, -0.25) is 0 Å². The first kappa shape index (κ1) is 12.4. The van der Waals surface area contributed by atoms with Crippen LogP contribution in [0.4, 0.5) is 17.3 Å². The van der Waals surface area contributed by atoms with Crippen molar-refractivity contribution >= 4 is 17.3 Å². The van der Waals surface area contributed by atoms with Gasteiger partial charge in [0.1, 0.15) is 11.6 Å². The maximum absolute atomic E-state index is 4.52. The lowest BCUT2D eigenvalue weighted by Gasteiger charge is -2.19. The van der Waals surface area contributed by atoms with Gasteiger partial charge < -0.3 is 10.2 Å². The monoisotopic (exact) mass is 241 g/mol. The fourth-order valence-corrected chi connectivity index (χ4v) is 1.84. The predicted octanol–water partition coefficient (Wildman–Crippen LogP) is 3.45. The van der Waals surface area contributed by atoms with Gasteiger partial charge in [-0.1, -0.05) is 25.1 Å². The van der Waals surface area contributed by atoms with E-state index in [1.807, 2.05) is 32.3 Å². The maximum Gasteiger partial charge on any atom is 0.135 e. The normalized spacial score (nSPS) is 10.2. The molecule has 94 valence electrons. The Morgan fingerprint density at radius 2 is 1.83 bits per heavy atom. The van der Waals surface area contributed by atoms with Gasteiger partial charge in [0.25, 0.3) is 0 Å². The Morgan fingerprint density at radius 1 is 1.11 bits per heavy atom. The van der Waals surface area contributed by atoms with Gasteiger partial charge in [0.2, 0.25) is 0 Å². The average Bonchev–Trinajstić information content (AvgIpc) is 2.46. The maximum atomic E-state index is 4.52. The van der Waals surface area contributed by atoms with Crippen molar-refractivity contribution in [2.45, 2.75) is 13.3 Å². The molecule has 0 unspecified atom stereocenters. The van der Waals surface area contributed by atoms with Crippen LogP contribution in [0, 0.1) is 0 Å². The number of benzene rings is 1. The quantitative estimate of drug-likeness (QED) is 0.888. The highest BCUT2D eigenvalue weighted by Crippen LogP contribution is 2.23. The Hall–Kier alpha value is -2.03. The molecule has 0 aliphatic heterocycles. The summed E-state index contributed by atoms with van der Waals surface area (Å²) in [6.45, 7) is 2.16. The summed E-state index contributed by atoms with van der Waals surface area (Å²) in [4.78, 5) is 6.61. The molecule has 2 aromatic rings. The third-order valence-electron chi connectivity index (χ3n) is 3.07. The lowest BCUT2D eigenvalue weighted by Crippen LogP contribution is -2.11. The van der Waals surface area contributed by atoms with Crippen LogP contribution in [-0.4, -0.2) is 19.1 Å². The summed E-state index contributed by atoms with van der Waals surface area (Å²) >= 11 is 0. The molecule has 0 bridgehead atoms. The number of anilines is 3. The molecule has 18 heavy (non-hydrogen) atoms. The van der Waals surface area contributed by atoms with Crippen molar-refractivity contribution in [1.29, 1.82) is 0 Å². The minimum Gasteiger partial charge on any atom is -0.373 e. The molecule has 0 saturated carbocycles. The van der Waals surface area contributed by atoms with Crippen molar-refractivity contribution in [1.82, 2.24) is 4.98 Å². The number of aromatic nitrogens is 1. The van der Waals surface area contributed by atoms with Crippen LogP contribution >= 0.6 is 0 Å². The van der Waals surface area contributed by atoms with E-state index in [1.54, 1.807) is 0 Å². The lowest BCUT2D eigenvalue weighted by molar-refractivity contribution is 1.11. The Labute approximate surface area is 108 Å². The van der Waals surface area contributed by atoms with Crippen LogP contribution < -0.4 is 10.2 Å². The zero-order valence-electron chi connectivity index (χ0n) is 11.1. The number of pyridine rings is 1. The largest absolute Gasteiger partial charge is 0.373 e. The molecule has 1 heterocycles. The van der Waals surface area contributed by atoms with Crippen molar-refractivity contribution in [3.63, 3.8) is 0 Å². The summed E-state index contributed by atoms with van der Waals surface area (Å²) in [6.07, 6.45) is 1.07. The van der Waals surface area contributed by atoms with Crippen molar-refractivity contribution in [3.05, 3.63) is 48.0 Å². The van der Waals surface area contributed by atoms with Gasteiger partial charge in [-0.25, -0.2) is 4.98 Å². The minimum atomic E-state index is 0.879. The van der Waals surface area contributed by atoms with Crippen LogP contribution in [-0.2, 0) is 6.42 Å². The molecule has 1 N–H and O–H groups in total. The molecule has 0 spiro atoms. The number of hydrogen-bond acceptors (Lipinski definition) is 3. The molecule has 1 aromatic carbocycles. The molecule has 3 nitrogen and oxygen atoms in total. The molecule has 3 heteroatoms. The van der Waals surface area contributed by atoms with E-state index in [4.69, 9.17) is 0 Å². The van der Waals surface area contributed by atoms with Gasteiger partial charge in [-0.05, 0) is 36.2 Å². The van der Waals surface area contributed by atoms with E-state index in [0.717, 1.165) is 23.7 Å². The third-order valence-corrected chi connectivity index (χ3v) is 3.07. The fourth-order valence-electron chi connectivity index (χ4n) is 1.84. The average molecular weight is 241 g/mol. The van der Waals surface area contributed by atoms with Crippen LogP contribution in [0.1, 0.15) is 12.5 Å². The molecule has 0 atom stereocenters. The number of hydrogen-bond donors (Lipinski definition) is 1. The first-order valence-electron chi connectivity index (χ1n) is 6.22. The van der Waals surface area contributed by atoms with E-state index in [-0.39, 0.29) is 0 Å². The second-order valence-corrected chi connectivity index (χ2v) is 4.21. The van der Waals surface area contributed by atoms with Gasteiger partial charge in [0.15, 0.2) is 0 Å². The Balaban J connectivity index is 2.25. The molecule has 0 fully saturated rings. The molecular weight excluding hydrogens is 222 g/mol. The van der Waals surface area contributed by atoms with Gasteiger partial charge in [-0.2, -0.15) is 0 Å². The van der Waals surface area contributed by atoms with Gasteiger partial charge in [-0.15, -0.1) is 0 Å². The molecule has 0 aliphatic rings. The van der Waals surface area contributed by atoms with E-state index < -0.39 is 0 Å². The zero-order chi connectivity index (χ0) is 13.0. The smallest absolute Gasteiger partial charge is 0.135 e. The van der Waals surface area contributed by atoms with Crippen LogP contribution in [0.5, 0.6) is 0 Å². The molecule has 0 saturated heterocycles. The highest BCUT2D eigenvalue weighted by Gasteiger charge is 2.05. The van der Waals surface area contributed by atoms with Gasteiger partial charge >= 0.3 is 0 Å². The SMILES string of the molecule is CCc1ccc(N(C)c2cccc(NC)n2)cc1. The van der Waals surface area contributed by atoms with Crippen LogP contribution in [0.2, 0.25) is 0 Å². The number of nitrogens with one attached hydrogen (secondary N) is 1. The molecule has 2 rings (SSSR count). The summed E-state index contributed by atoms with van der Waals surface area (Å²) in [5, 5.41) is 3.05. The summed E-state index contributed by atoms with van der Waals surface area (Å²) in [5.74, 6) is 1.82. The summed E-state index contributed by atoms with van der Waals surface area (Å²) in [7, 11) is 3.91. The molecule has 0 amide bonds. The zero-order valence-corrected chi connectivity index (χ0v) is 11.1. The van der Waals surface area contributed by atoms with E-state index >= 15 is 0 Å². The van der Waals surface area contributed by atoms with E-state index in [1.165, 1.54) is 5.56 Å². The Kier molecular flexibility index (Phi) is 3.82. The highest BCUT2D eigenvalue weighted by molar-refractivity contribution is 5.60. The molecular formula is C15H19N3. The topological polar surface area (TPSA) is 28.2 Å². The summed E-state index contributed by atoms with van der Waals surface area (Å²) in [5.41, 5.74) is 2.50. The van der Waals surface area contributed by atoms with Crippen molar-refractivity contribution in [3.8, 4) is 0 Å². The van der Waals surface area contributed by atoms with Crippen molar-refractivity contribution < 1.29 is 0 Å². The Morgan fingerprint density at radius 3 is 2.44 bits per heavy atom. The first-order chi connectivity index (χ1) is 8.74. The van der Waals surface area contributed by atoms with Crippen LogP contribution in [0.25, 0.3) is 0 Å². The third kappa shape index (κ3) is 2.62. The molecule has 0 aliphatic carbocycles. The fraction of sp³-hybridized carbons (Fsp3) is 0.267. The summed E-state index contributed by atoms with van der Waals surface area (Å²) in [6, 6.07) is 14.6. The van der Waals surface area contributed by atoms with Gasteiger partial charge in [0, 0.05) is 19.8 Å². The van der Waals surface area contributed by atoms with Crippen LogP contribution in [0.15, 0.2) is 42.5 Å². The number of rotatable bonds is 4. The van der Waals surface area contributed by atoms with Crippen molar-refractivity contribution in [2.24, 2.45) is 0 Å². The molecule has 0 radical (unpaired) electrons. The number of nitrogens with zero attached hydrogens (tertiary/aromatic N) is 2. The lowest BCUT2D eigenvalue weighted by atomic mass is 10.1. The van der Waals surface area contributed by atoms with Crippen molar-refractivity contribution in [2.75, 3.05) is 24.3 Å². The van der Waals surface area contributed by atoms with Gasteiger partial charge in [0.05, 0.1) is 0 Å². The predicted molar refractivity (Wildman–Crippen MR) is 77.7 cm³/mol. The van der Waals surface area contributed by atoms with E-state index in [9.17, 15) is 0 Å². The standard InChI is InChI=1S/C15H19N3/c1-4-12-8-10-13(11-9-12)18(3)15-7-5-6-14(16-2)17-15/h5-11H,4H2,1-3H3,(H,16,17). The van der Waals surface area contributed by atoms with E-state index in [0.29, 0.717) is 0 Å². The van der Waals surface area contributed by atoms with Crippen LogP contribution in [0.3, 0.4) is 0 Å². The minimum absolute atomic E-state index is 0.879. The second-order valence-electron chi connectivity index (χ2n) is 4.21. The van der Waals surface area contributed by atoms with E-state index in [2.05, 4.69) is 46.4 Å².